The van der Waals surface area contributed by atoms with Gasteiger partial charge in [0.1, 0.15) is 5.75 Å². The van der Waals surface area contributed by atoms with Crippen LogP contribution in [0.1, 0.15) is 10.4 Å². The molecule has 2 aromatic carbocycles. The van der Waals surface area contributed by atoms with Gasteiger partial charge in [0.2, 0.25) is 6.79 Å². The first-order valence-electron chi connectivity index (χ1n) is 7.13. The van der Waals surface area contributed by atoms with Gasteiger partial charge in [-0.1, -0.05) is 17.7 Å². The average Bonchev–Trinajstić information content (AvgIpc) is 3.08. The number of ether oxygens (including phenoxy) is 3. The molecular weight excluding hydrogens is 350 g/mol. The normalized spacial score (nSPS) is 11.2. The zero-order valence-corrected chi connectivity index (χ0v) is 14.3. The van der Waals surface area contributed by atoms with E-state index in [4.69, 9.17) is 35.7 Å². The van der Waals surface area contributed by atoms with Gasteiger partial charge >= 0.3 is 0 Å². The van der Waals surface area contributed by atoms with Gasteiger partial charge in [-0.15, -0.1) is 0 Å². The van der Waals surface area contributed by atoms with Gasteiger partial charge in [0.25, 0.3) is 12.4 Å². The standard InChI is InChI=1S/C16H14ClNO4.CH2O2/c1-18-16(19)11-5-9(3-4-12(11)17)10-6-14-15(22-8-21-14)7-13(10)20-2;2-1-3/h3-7H,8H2,1-2H3,(H,18,19);1H,(H,2,3). The fraction of sp³-hybridized carbons (Fsp3) is 0.176. The minimum atomic E-state index is -0.250. The topological polar surface area (TPSA) is 94.1 Å². The Balaban J connectivity index is 0.000000701. The first-order chi connectivity index (χ1) is 12.0. The molecule has 1 aliphatic rings. The van der Waals surface area contributed by atoms with Gasteiger partial charge in [-0.25, -0.2) is 0 Å². The first-order valence-corrected chi connectivity index (χ1v) is 7.51. The van der Waals surface area contributed by atoms with E-state index in [1.54, 1.807) is 32.4 Å². The Morgan fingerprint density at radius 2 is 1.92 bits per heavy atom. The second kappa shape index (κ2) is 8.25. The van der Waals surface area contributed by atoms with E-state index >= 15 is 0 Å². The van der Waals surface area contributed by atoms with Gasteiger partial charge in [-0.2, -0.15) is 0 Å². The van der Waals surface area contributed by atoms with Crippen molar-refractivity contribution >= 4 is 24.0 Å². The summed E-state index contributed by atoms with van der Waals surface area (Å²) in [5.74, 6) is 1.68. The number of amides is 1. The summed E-state index contributed by atoms with van der Waals surface area (Å²) in [6.07, 6.45) is 0. The lowest BCUT2D eigenvalue weighted by Crippen LogP contribution is -2.18. The summed E-state index contributed by atoms with van der Waals surface area (Å²) < 4.78 is 16.2. The van der Waals surface area contributed by atoms with Gasteiger partial charge in [-0.05, 0) is 23.8 Å². The lowest BCUT2D eigenvalue weighted by molar-refractivity contribution is -0.122. The van der Waals surface area contributed by atoms with Crippen LogP contribution in [0.25, 0.3) is 11.1 Å². The molecule has 2 aromatic rings. The zero-order chi connectivity index (χ0) is 18.4. The van der Waals surface area contributed by atoms with E-state index in [0.717, 1.165) is 11.1 Å². The predicted octanol–water partition coefficient (Wildman–Crippen LogP) is 2.80. The number of rotatable bonds is 3. The molecule has 1 heterocycles. The van der Waals surface area contributed by atoms with Crippen molar-refractivity contribution < 1.29 is 28.9 Å². The number of methoxy groups -OCH3 is 1. The molecule has 0 bridgehead atoms. The van der Waals surface area contributed by atoms with Crippen LogP contribution in [-0.2, 0) is 4.79 Å². The third-order valence-electron chi connectivity index (χ3n) is 3.44. The number of benzene rings is 2. The number of hydrogen-bond donors (Lipinski definition) is 2. The Kier molecular flexibility index (Phi) is 6.08. The van der Waals surface area contributed by atoms with Crippen molar-refractivity contribution in [2.45, 2.75) is 0 Å². The lowest BCUT2D eigenvalue weighted by Gasteiger charge is -2.12. The SMILES string of the molecule is CNC(=O)c1cc(-c2cc3c(cc2OC)OCO3)ccc1Cl.O=CO. The number of carbonyl (C=O) groups is 2. The Labute approximate surface area is 149 Å². The van der Waals surface area contributed by atoms with Gasteiger partial charge in [0, 0.05) is 18.7 Å². The van der Waals surface area contributed by atoms with Crippen LogP contribution >= 0.6 is 11.6 Å². The van der Waals surface area contributed by atoms with E-state index in [-0.39, 0.29) is 19.2 Å². The van der Waals surface area contributed by atoms with Gasteiger partial charge in [0.05, 0.1) is 17.7 Å². The lowest BCUT2D eigenvalue weighted by atomic mass is 10.0. The fourth-order valence-electron chi connectivity index (χ4n) is 2.32. The van der Waals surface area contributed by atoms with Crippen LogP contribution in [0.15, 0.2) is 30.3 Å². The number of halogens is 1. The second-order valence-corrected chi connectivity index (χ2v) is 5.19. The molecule has 25 heavy (non-hydrogen) atoms. The van der Waals surface area contributed by atoms with Crippen molar-refractivity contribution in [1.82, 2.24) is 5.32 Å². The van der Waals surface area contributed by atoms with Gasteiger partial charge in [0.15, 0.2) is 11.5 Å². The molecule has 0 aromatic heterocycles. The first kappa shape index (κ1) is 18.4. The molecule has 0 unspecified atom stereocenters. The maximum absolute atomic E-state index is 11.9. The number of fused-ring (bicyclic) bond motifs is 1. The van der Waals surface area contributed by atoms with Crippen LogP contribution in [0.3, 0.4) is 0 Å². The highest BCUT2D eigenvalue weighted by atomic mass is 35.5. The van der Waals surface area contributed by atoms with Crippen molar-refractivity contribution in [3.05, 3.63) is 40.9 Å². The number of carboxylic acid groups (broad SMARTS) is 1. The summed E-state index contributed by atoms with van der Waals surface area (Å²) in [6.45, 7) is -0.0634. The Morgan fingerprint density at radius 3 is 2.52 bits per heavy atom. The molecule has 7 nitrogen and oxygen atoms in total. The molecule has 3 rings (SSSR count). The summed E-state index contributed by atoms with van der Waals surface area (Å²) in [5, 5.41) is 9.85. The highest BCUT2D eigenvalue weighted by Gasteiger charge is 2.20. The highest BCUT2D eigenvalue weighted by Crippen LogP contribution is 2.42. The van der Waals surface area contributed by atoms with E-state index in [0.29, 0.717) is 27.8 Å². The minimum Gasteiger partial charge on any atom is -0.496 e. The maximum atomic E-state index is 11.9. The molecule has 0 saturated carbocycles. The monoisotopic (exact) mass is 365 g/mol. The molecule has 1 amide bonds. The van der Waals surface area contributed by atoms with Crippen LogP contribution in [0.5, 0.6) is 17.2 Å². The van der Waals surface area contributed by atoms with Crippen LogP contribution < -0.4 is 19.5 Å². The van der Waals surface area contributed by atoms with E-state index in [9.17, 15) is 4.79 Å². The summed E-state index contributed by atoms with van der Waals surface area (Å²) >= 11 is 6.09. The Morgan fingerprint density at radius 1 is 1.28 bits per heavy atom. The van der Waals surface area contributed by atoms with Crippen molar-refractivity contribution in [3.63, 3.8) is 0 Å². The summed E-state index contributed by atoms with van der Waals surface area (Å²) in [4.78, 5) is 20.2. The van der Waals surface area contributed by atoms with E-state index in [1.807, 2.05) is 12.1 Å². The van der Waals surface area contributed by atoms with Crippen LogP contribution in [-0.4, -0.2) is 38.4 Å². The third-order valence-corrected chi connectivity index (χ3v) is 3.77. The molecule has 0 fully saturated rings. The maximum Gasteiger partial charge on any atom is 0.290 e. The van der Waals surface area contributed by atoms with E-state index < -0.39 is 0 Å². The molecule has 2 N–H and O–H groups in total. The van der Waals surface area contributed by atoms with Crippen molar-refractivity contribution in [2.24, 2.45) is 0 Å². The zero-order valence-electron chi connectivity index (χ0n) is 13.5. The van der Waals surface area contributed by atoms with E-state index in [2.05, 4.69) is 5.32 Å². The Hall–Kier alpha value is -2.93. The minimum absolute atomic E-state index is 0.187. The number of hydrogen-bond acceptors (Lipinski definition) is 5. The quantitative estimate of drug-likeness (QED) is 0.812. The van der Waals surface area contributed by atoms with Crippen LogP contribution in [0, 0.1) is 0 Å². The summed E-state index contributed by atoms with van der Waals surface area (Å²) in [7, 11) is 3.14. The molecule has 0 atom stereocenters. The molecular formula is C17H16ClNO6. The van der Waals surface area contributed by atoms with Crippen LogP contribution in [0.4, 0.5) is 0 Å². The third kappa shape index (κ3) is 3.95. The molecule has 0 aliphatic carbocycles. The summed E-state index contributed by atoms with van der Waals surface area (Å²) in [5.41, 5.74) is 2.01. The van der Waals surface area contributed by atoms with Crippen molar-refractivity contribution in [3.8, 4) is 28.4 Å². The van der Waals surface area contributed by atoms with E-state index in [1.165, 1.54) is 0 Å². The molecule has 132 valence electrons. The number of nitrogens with one attached hydrogen (secondary N) is 1. The fourth-order valence-corrected chi connectivity index (χ4v) is 2.52. The average molecular weight is 366 g/mol. The highest BCUT2D eigenvalue weighted by molar-refractivity contribution is 6.34. The largest absolute Gasteiger partial charge is 0.496 e. The predicted molar refractivity (Wildman–Crippen MR) is 91.6 cm³/mol. The molecule has 0 saturated heterocycles. The van der Waals surface area contributed by atoms with Gasteiger partial charge < -0.3 is 24.6 Å². The number of carbonyl (C=O) groups excluding carboxylic acids is 1. The second-order valence-electron chi connectivity index (χ2n) is 4.78. The summed E-state index contributed by atoms with van der Waals surface area (Å²) in [6, 6.07) is 8.84. The molecule has 0 radical (unpaired) electrons. The molecule has 8 heteroatoms. The van der Waals surface area contributed by atoms with Crippen LogP contribution in [0.2, 0.25) is 5.02 Å². The van der Waals surface area contributed by atoms with Crippen molar-refractivity contribution in [2.75, 3.05) is 21.0 Å². The van der Waals surface area contributed by atoms with Crippen molar-refractivity contribution in [1.29, 1.82) is 0 Å². The smallest absolute Gasteiger partial charge is 0.290 e. The molecule has 0 spiro atoms. The molecule has 1 aliphatic heterocycles. The Bertz CT molecular complexity index is 793. The van der Waals surface area contributed by atoms with Gasteiger partial charge in [-0.3, -0.25) is 9.59 Å².